The second-order valence-corrected chi connectivity index (χ2v) is 12.9. The molecule has 0 atom stereocenters. The maximum Gasteiger partial charge on any atom is 0.348 e. The molecule has 2 spiro atoms. The molecule has 3 aliphatic rings. The highest BCUT2D eigenvalue weighted by Gasteiger charge is 2.56. The quantitative estimate of drug-likeness (QED) is 0.0826. The van der Waals surface area contributed by atoms with Gasteiger partial charge in [0.1, 0.15) is 34.1 Å². The molecule has 0 N–H and O–H groups in total. The van der Waals surface area contributed by atoms with Gasteiger partial charge in [-0.05, 0) is 96.1 Å². The predicted molar refractivity (Wildman–Crippen MR) is 193 cm³/mol. The van der Waals surface area contributed by atoms with E-state index in [1.54, 1.807) is 97.1 Å². The van der Waals surface area contributed by atoms with Gasteiger partial charge in [0.15, 0.2) is 0 Å². The molecular formula is C42H32O14. The number of esters is 6. The van der Waals surface area contributed by atoms with Crippen LogP contribution in [0.4, 0.5) is 0 Å². The Morgan fingerprint density at radius 2 is 0.732 bits per heavy atom. The molecule has 56 heavy (non-hydrogen) atoms. The number of carbonyl (C=O) groups excluding carboxylic acids is 6. The number of hydrogen-bond donors (Lipinski definition) is 0. The first-order valence-electron chi connectivity index (χ1n) is 17.3. The van der Waals surface area contributed by atoms with Crippen LogP contribution in [0.1, 0.15) is 57.5 Å². The Bertz CT molecular complexity index is 2050. The summed E-state index contributed by atoms with van der Waals surface area (Å²) < 4.78 is 43.5. The summed E-state index contributed by atoms with van der Waals surface area (Å²) >= 11 is 0. The minimum atomic E-state index is -1.62. The van der Waals surface area contributed by atoms with Crippen molar-refractivity contribution >= 4 is 48.0 Å². The van der Waals surface area contributed by atoms with Gasteiger partial charge >= 0.3 is 35.8 Å². The molecule has 14 nitrogen and oxygen atoms in total. The molecule has 1 saturated carbocycles. The summed E-state index contributed by atoms with van der Waals surface area (Å²) in [5.41, 5.74) is 1.12. The first-order chi connectivity index (χ1) is 27.0. The number of carbonyl (C=O) groups is 6. The standard InChI is InChI=1S/C42H32O14/c1-49-35(43)27-7-15-31(16-8-27)51-29-11-3-25(4-12-29)23-33-37(45)53-41(54-38(33)46)19-21-42(22-20-41)55-39(47)34(40(48)56-42)24-26-5-13-30(14-6-26)52-32-17-9-28(10-18-32)36(44)50-2/h3-18,23-24H,19-22H2,1-2H3. The lowest BCUT2D eigenvalue weighted by Gasteiger charge is -2.46. The maximum absolute atomic E-state index is 13.1. The van der Waals surface area contributed by atoms with Gasteiger partial charge in [0.25, 0.3) is 11.6 Å². The molecular weight excluding hydrogens is 728 g/mol. The summed E-state index contributed by atoms with van der Waals surface area (Å²) in [6.07, 6.45) is 2.33. The fourth-order valence-corrected chi connectivity index (χ4v) is 6.18. The van der Waals surface area contributed by atoms with Crippen molar-refractivity contribution in [1.29, 1.82) is 0 Å². The fourth-order valence-electron chi connectivity index (χ4n) is 6.18. The van der Waals surface area contributed by atoms with Crippen LogP contribution in [0.5, 0.6) is 23.0 Å². The third-order valence-electron chi connectivity index (χ3n) is 9.17. The largest absolute Gasteiger partial charge is 0.465 e. The molecule has 4 aromatic rings. The third kappa shape index (κ3) is 7.99. The zero-order valence-electron chi connectivity index (χ0n) is 29.9. The van der Waals surface area contributed by atoms with Gasteiger partial charge in [-0.3, -0.25) is 0 Å². The summed E-state index contributed by atoms with van der Waals surface area (Å²) in [6.45, 7) is 0. The van der Waals surface area contributed by atoms with Crippen molar-refractivity contribution in [2.45, 2.75) is 37.3 Å². The van der Waals surface area contributed by atoms with Crippen LogP contribution in [0.15, 0.2) is 108 Å². The molecule has 0 amide bonds. The van der Waals surface area contributed by atoms with Crippen molar-refractivity contribution in [3.63, 3.8) is 0 Å². The normalized spacial score (nSPS) is 20.2. The van der Waals surface area contributed by atoms with Gasteiger partial charge in [-0.25, -0.2) is 28.8 Å². The third-order valence-corrected chi connectivity index (χ3v) is 9.17. The Balaban J connectivity index is 0.929. The lowest BCUT2D eigenvalue weighted by Crippen LogP contribution is -2.56. The Hall–Kier alpha value is -7.22. The van der Waals surface area contributed by atoms with E-state index in [4.69, 9.17) is 37.9 Å². The van der Waals surface area contributed by atoms with E-state index in [-0.39, 0.29) is 36.8 Å². The summed E-state index contributed by atoms with van der Waals surface area (Å²) in [4.78, 5) is 75.6. The molecule has 14 heteroatoms. The second kappa shape index (κ2) is 15.3. The molecule has 3 fully saturated rings. The van der Waals surface area contributed by atoms with Gasteiger partial charge < -0.3 is 37.9 Å². The highest BCUT2D eigenvalue weighted by atomic mass is 16.8. The summed E-state index contributed by atoms with van der Waals surface area (Å²) in [6, 6.07) is 25.8. The topological polar surface area (TPSA) is 176 Å². The van der Waals surface area contributed by atoms with Gasteiger partial charge in [0, 0.05) is 25.7 Å². The molecule has 2 saturated heterocycles. The van der Waals surface area contributed by atoms with E-state index in [9.17, 15) is 28.8 Å². The smallest absolute Gasteiger partial charge is 0.348 e. The van der Waals surface area contributed by atoms with Gasteiger partial charge in [-0.2, -0.15) is 0 Å². The van der Waals surface area contributed by atoms with Crippen LogP contribution in [-0.4, -0.2) is 61.6 Å². The Kier molecular flexibility index (Phi) is 10.1. The SMILES string of the molecule is COC(=O)c1ccc(Oc2ccc(C=C3C(=O)OC4(CCC5(CC4)OC(=O)C(=Cc4ccc(Oc6ccc(C(=O)OC)cc6)cc4)C(=O)O5)OC3=O)cc2)cc1. The number of rotatable bonds is 8. The van der Waals surface area contributed by atoms with E-state index >= 15 is 0 Å². The Labute approximate surface area is 319 Å². The van der Waals surface area contributed by atoms with E-state index in [1.165, 1.54) is 26.4 Å². The van der Waals surface area contributed by atoms with Gasteiger partial charge in [-0.1, -0.05) is 24.3 Å². The van der Waals surface area contributed by atoms with Crippen molar-refractivity contribution < 1.29 is 66.7 Å². The highest BCUT2D eigenvalue weighted by molar-refractivity contribution is 6.19. The van der Waals surface area contributed by atoms with Crippen molar-refractivity contribution in [2.24, 2.45) is 0 Å². The molecule has 0 bridgehead atoms. The van der Waals surface area contributed by atoms with E-state index < -0.39 is 47.4 Å². The van der Waals surface area contributed by atoms with E-state index in [1.807, 2.05) is 0 Å². The maximum atomic E-state index is 13.1. The van der Waals surface area contributed by atoms with Crippen LogP contribution >= 0.6 is 0 Å². The summed E-state index contributed by atoms with van der Waals surface area (Å²) in [7, 11) is 2.59. The predicted octanol–water partition coefficient (Wildman–Crippen LogP) is 6.48. The number of benzene rings is 4. The number of methoxy groups -OCH3 is 2. The minimum absolute atomic E-state index is 0.0864. The molecule has 0 aromatic heterocycles. The van der Waals surface area contributed by atoms with Crippen molar-refractivity contribution in [2.75, 3.05) is 14.2 Å². The molecule has 284 valence electrons. The van der Waals surface area contributed by atoms with Crippen molar-refractivity contribution in [3.05, 3.63) is 130 Å². The zero-order chi connectivity index (χ0) is 39.5. The minimum Gasteiger partial charge on any atom is -0.465 e. The monoisotopic (exact) mass is 760 g/mol. The van der Waals surface area contributed by atoms with Gasteiger partial charge in [0.2, 0.25) is 0 Å². The van der Waals surface area contributed by atoms with Crippen LogP contribution in [0.2, 0.25) is 0 Å². The molecule has 2 aliphatic heterocycles. The van der Waals surface area contributed by atoms with E-state index in [0.717, 1.165) is 0 Å². The van der Waals surface area contributed by atoms with Crippen LogP contribution in [0, 0.1) is 0 Å². The van der Waals surface area contributed by atoms with Gasteiger partial charge in [0.05, 0.1) is 25.3 Å². The first kappa shape index (κ1) is 37.1. The molecule has 4 aromatic carbocycles. The summed E-state index contributed by atoms with van der Waals surface area (Å²) in [5.74, 6) is -5.84. The molecule has 2 heterocycles. The zero-order valence-corrected chi connectivity index (χ0v) is 29.9. The lowest BCUT2D eigenvalue weighted by molar-refractivity contribution is -0.291. The Morgan fingerprint density at radius 3 is 1.00 bits per heavy atom. The fraction of sp³-hybridized carbons (Fsp3) is 0.190. The lowest BCUT2D eigenvalue weighted by atomic mass is 9.87. The van der Waals surface area contributed by atoms with Gasteiger partial charge in [-0.15, -0.1) is 0 Å². The Morgan fingerprint density at radius 1 is 0.464 bits per heavy atom. The molecule has 0 radical (unpaired) electrons. The molecule has 7 rings (SSSR count). The number of hydrogen-bond acceptors (Lipinski definition) is 14. The van der Waals surface area contributed by atoms with Crippen LogP contribution in [0.3, 0.4) is 0 Å². The van der Waals surface area contributed by atoms with Crippen LogP contribution in [-0.2, 0) is 47.6 Å². The highest BCUT2D eigenvalue weighted by Crippen LogP contribution is 2.45. The summed E-state index contributed by atoms with van der Waals surface area (Å²) in [5, 5.41) is 0. The van der Waals surface area contributed by atoms with Crippen LogP contribution < -0.4 is 9.47 Å². The number of ether oxygens (including phenoxy) is 8. The second-order valence-electron chi connectivity index (χ2n) is 12.9. The molecule has 0 unspecified atom stereocenters. The van der Waals surface area contributed by atoms with Crippen LogP contribution in [0.25, 0.3) is 12.2 Å². The van der Waals surface area contributed by atoms with E-state index in [2.05, 4.69) is 0 Å². The van der Waals surface area contributed by atoms with Crippen molar-refractivity contribution in [3.8, 4) is 23.0 Å². The molecule has 1 aliphatic carbocycles. The average Bonchev–Trinajstić information content (AvgIpc) is 3.20. The average molecular weight is 761 g/mol. The first-order valence-corrected chi connectivity index (χ1v) is 17.3. The van der Waals surface area contributed by atoms with E-state index in [0.29, 0.717) is 45.3 Å². The van der Waals surface area contributed by atoms with Crippen molar-refractivity contribution in [1.82, 2.24) is 0 Å².